The van der Waals surface area contributed by atoms with E-state index in [9.17, 15) is 4.79 Å². The topological polar surface area (TPSA) is 51.0 Å². The number of carbonyl (C=O) groups excluding carboxylic acids is 1. The van der Waals surface area contributed by atoms with Gasteiger partial charge in [0.2, 0.25) is 0 Å². The first-order valence-corrected chi connectivity index (χ1v) is 4.56. The molecule has 1 aliphatic rings. The van der Waals surface area contributed by atoms with Gasteiger partial charge >= 0.3 is 6.03 Å². The van der Waals surface area contributed by atoms with Crippen molar-refractivity contribution >= 4 is 18.5 Å². The Bertz CT molecular complexity index is 422. The highest BCUT2D eigenvalue weighted by Crippen LogP contribution is 2.19. The van der Waals surface area contributed by atoms with E-state index in [1.54, 1.807) is 19.5 Å². The summed E-state index contributed by atoms with van der Waals surface area (Å²) in [4.78, 5) is 18.0. The minimum absolute atomic E-state index is 0.0437. The number of ether oxygens (including phenoxy) is 1. The van der Waals surface area contributed by atoms with Crippen molar-refractivity contribution in [3.8, 4) is 5.75 Å². The van der Waals surface area contributed by atoms with Gasteiger partial charge in [-0.15, -0.1) is 0 Å². The molecule has 15 heavy (non-hydrogen) atoms. The second-order valence-corrected chi connectivity index (χ2v) is 3.14. The molecule has 0 saturated carbocycles. The summed E-state index contributed by atoms with van der Waals surface area (Å²) in [5, 5.41) is 0. The lowest BCUT2D eigenvalue weighted by atomic mass is 10.0. The lowest BCUT2D eigenvalue weighted by molar-refractivity contribution is 0.257. The van der Waals surface area contributed by atoms with Gasteiger partial charge in [-0.25, -0.2) is 14.8 Å². The number of benzene rings is 1. The number of nitrogens with zero attached hydrogens (tertiary/aromatic N) is 2. The summed E-state index contributed by atoms with van der Waals surface area (Å²) in [5.41, 5.74) is 1.01. The van der Waals surface area contributed by atoms with E-state index in [2.05, 4.69) is 9.98 Å². The Morgan fingerprint density at radius 3 is 2.67 bits per heavy atom. The van der Waals surface area contributed by atoms with Crippen LogP contribution >= 0.6 is 0 Å². The molecule has 1 aromatic rings. The van der Waals surface area contributed by atoms with E-state index in [-0.39, 0.29) is 5.92 Å². The highest BCUT2D eigenvalue weighted by molar-refractivity contribution is 6.04. The maximum absolute atomic E-state index is 10.7. The third kappa shape index (κ3) is 2.10. The van der Waals surface area contributed by atoms with Crippen molar-refractivity contribution < 1.29 is 9.53 Å². The van der Waals surface area contributed by atoms with Crippen LogP contribution in [0.3, 0.4) is 0 Å². The van der Waals surface area contributed by atoms with Gasteiger partial charge in [0.1, 0.15) is 5.75 Å². The number of carbonyl (C=O) groups is 1. The molecule has 0 spiro atoms. The van der Waals surface area contributed by atoms with Crippen LogP contribution in [0.1, 0.15) is 11.5 Å². The van der Waals surface area contributed by atoms with Gasteiger partial charge in [0.05, 0.1) is 13.0 Å². The Morgan fingerprint density at radius 2 is 2.00 bits per heavy atom. The van der Waals surface area contributed by atoms with Crippen LogP contribution in [0, 0.1) is 0 Å². The molecule has 1 aliphatic heterocycles. The predicted octanol–water partition coefficient (Wildman–Crippen LogP) is 2.05. The minimum atomic E-state index is -0.450. The molecule has 1 heterocycles. The number of hydrogen-bond acceptors (Lipinski definition) is 2. The second kappa shape index (κ2) is 4.04. The Hall–Kier alpha value is -1.97. The van der Waals surface area contributed by atoms with Crippen molar-refractivity contribution in [1.82, 2.24) is 0 Å². The van der Waals surface area contributed by atoms with Crippen molar-refractivity contribution in [3.05, 3.63) is 29.8 Å². The van der Waals surface area contributed by atoms with Gasteiger partial charge in [-0.05, 0) is 17.7 Å². The molecule has 1 aromatic carbocycles. The van der Waals surface area contributed by atoms with Gasteiger partial charge in [0, 0.05) is 12.4 Å². The zero-order chi connectivity index (χ0) is 10.7. The molecule has 0 aromatic heterocycles. The van der Waals surface area contributed by atoms with Gasteiger partial charge < -0.3 is 4.74 Å². The Labute approximate surface area is 87.3 Å². The fraction of sp³-hybridized carbons (Fsp3) is 0.182. The second-order valence-electron chi connectivity index (χ2n) is 3.14. The molecule has 0 fully saturated rings. The fourth-order valence-corrected chi connectivity index (χ4v) is 1.38. The van der Waals surface area contributed by atoms with Gasteiger partial charge in [0.25, 0.3) is 0 Å². The predicted molar refractivity (Wildman–Crippen MR) is 58.1 cm³/mol. The van der Waals surface area contributed by atoms with Crippen LogP contribution in [0.5, 0.6) is 5.75 Å². The standard InChI is InChI=1S/C11H10N2O2/c1-15-10-4-2-3-8(5-10)9-6-12-11(14)13-7-9/h2-7,9H,1H3. The van der Waals surface area contributed by atoms with E-state index >= 15 is 0 Å². The van der Waals surface area contributed by atoms with E-state index in [0.717, 1.165) is 11.3 Å². The molecule has 0 atom stereocenters. The van der Waals surface area contributed by atoms with Crippen molar-refractivity contribution in [2.24, 2.45) is 9.98 Å². The van der Waals surface area contributed by atoms with Crippen LogP contribution in [0.25, 0.3) is 0 Å². The molecular weight excluding hydrogens is 192 g/mol. The summed E-state index contributed by atoms with van der Waals surface area (Å²) in [5.74, 6) is 0.740. The van der Waals surface area contributed by atoms with Crippen LogP contribution < -0.4 is 4.74 Å². The molecule has 4 nitrogen and oxygen atoms in total. The van der Waals surface area contributed by atoms with Crippen molar-refractivity contribution in [2.45, 2.75) is 5.92 Å². The van der Waals surface area contributed by atoms with Crippen molar-refractivity contribution in [2.75, 3.05) is 7.11 Å². The smallest absolute Gasteiger partial charge is 0.366 e. The van der Waals surface area contributed by atoms with Gasteiger partial charge in [-0.3, -0.25) is 0 Å². The molecule has 0 aliphatic carbocycles. The molecular formula is C11H10N2O2. The maximum atomic E-state index is 10.7. The molecule has 0 N–H and O–H groups in total. The number of hydrogen-bond donors (Lipinski definition) is 0. The Morgan fingerprint density at radius 1 is 1.27 bits per heavy atom. The summed E-state index contributed by atoms with van der Waals surface area (Å²) in [6, 6.07) is 7.16. The molecule has 0 unspecified atom stereocenters. The monoisotopic (exact) mass is 202 g/mol. The lowest BCUT2D eigenvalue weighted by Gasteiger charge is -2.10. The first-order valence-electron chi connectivity index (χ1n) is 4.56. The average molecular weight is 202 g/mol. The van der Waals surface area contributed by atoms with Gasteiger partial charge in [-0.2, -0.15) is 0 Å². The summed E-state index contributed by atoms with van der Waals surface area (Å²) in [6.45, 7) is 0. The quantitative estimate of drug-likeness (QED) is 0.737. The van der Waals surface area contributed by atoms with E-state index in [4.69, 9.17) is 4.74 Å². The summed E-state index contributed by atoms with van der Waals surface area (Å²) in [6.07, 6.45) is 3.17. The van der Waals surface area contributed by atoms with Crippen LogP contribution in [0.2, 0.25) is 0 Å². The minimum Gasteiger partial charge on any atom is -0.497 e. The lowest BCUT2D eigenvalue weighted by Crippen LogP contribution is -2.08. The molecule has 2 amide bonds. The summed E-state index contributed by atoms with van der Waals surface area (Å²) in [7, 11) is 1.62. The van der Waals surface area contributed by atoms with Crippen molar-refractivity contribution in [3.63, 3.8) is 0 Å². The van der Waals surface area contributed by atoms with Crippen LogP contribution in [0.4, 0.5) is 4.79 Å². The summed E-state index contributed by atoms with van der Waals surface area (Å²) < 4.78 is 5.11. The fourth-order valence-electron chi connectivity index (χ4n) is 1.38. The molecule has 0 bridgehead atoms. The molecule has 0 saturated heterocycles. The zero-order valence-corrected chi connectivity index (χ0v) is 8.25. The SMILES string of the molecule is COc1cccc(C2C=NC(=O)N=C2)c1. The van der Waals surface area contributed by atoms with Crippen molar-refractivity contribution in [1.29, 1.82) is 0 Å². The highest BCUT2D eigenvalue weighted by Gasteiger charge is 2.11. The van der Waals surface area contributed by atoms with E-state index in [0.29, 0.717) is 0 Å². The molecule has 2 rings (SSSR count). The highest BCUT2D eigenvalue weighted by atomic mass is 16.5. The molecule has 4 heteroatoms. The number of methoxy groups -OCH3 is 1. The van der Waals surface area contributed by atoms with Crippen LogP contribution in [-0.2, 0) is 0 Å². The average Bonchev–Trinajstić information content (AvgIpc) is 2.30. The first-order chi connectivity index (χ1) is 7.29. The summed E-state index contributed by atoms with van der Waals surface area (Å²) >= 11 is 0. The van der Waals surface area contributed by atoms with Gasteiger partial charge in [-0.1, -0.05) is 12.1 Å². The Kier molecular flexibility index (Phi) is 2.58. The number of urea groups is 1. The van der Waals surface area contributed by atoms with Crippen LogP contribution in [0.15, 0.2) is 34.3 Å². The Balaban J connectivity index is 2.26. The number of aliphatic imine (C=N–C) groups is 2. The maximum Gasteiger partial charge on any atom is 0.366 e. The largest absolute Gasteiger partial charge is 0.497 e. The molecule has 76 valence electrons. The normalized spacial score (nSPS) is 15.7. The molecule has 0 radical (unpaired) electrons. The third-order valence-corrected chi connectivity index (χ3v) is 2.17. The van der Waals surface area contributed by atoms with E-state index < -0.39 is 6.03 Å². The number of amides is 2. The first kappa shape index (κ1) is 9.58. The zero-order valence-electron chi connectivity index (χ0n) is 8.25. The number of rotatable bonds is 2. The third-order valence-electron chi connectivity index (χ3n) is 2.17. The van der Waals surface area contributed by atoms with E-state index in [1.165, 1.54) is 0 Å². The van der Waals surface area contributed by atoms with E-state index in [1.807, 2.05) is 24.3 Å². The van der Waals surface area contributed by atoms with Crippen LogP contribution in [-0.4, -0.2) is 25.6 Å². The van der Waals surface area contributed by atoms with Gasteiger partial charge in [0.15, 0.2) is 0 Å².